The van der Waals surface area contributed by atoms with E-state index in [9.17, 15) is 0 Å². The Bertz CT molecular complexity index is 378. The van der Waals surface area contributed by atoms with Gasteiger partial charge in [-0.05, 0) is 37.7 Å². The maximum atomic E-state index is 4.57. The van der Waals surface area contributed by atoms with Gasteiger partial charge in [0, 0.05) is 23.9 Å². The van der Waals surface area contributed by atoms with Gasteiger partial charge in [-0.3, -0.25) is 4.90 Å². The number of hydrogen-bond donors (Lipinski definition) is 1. The van der Waals surface area contributed by atoms with E-state index in [1.54, 1.807) is 0 Å². The van der Waals surface area contributed by atoms with Crippen molar-refractivity contribution in [3.05, 3.63) is 35.9 Å². The summed E-state index contributed by atoms with van der Waals surface area (Å²) < 4.78 is 0. The second kappa shape index (κ2) is 4.66. The summed E-state index contributed by atoms with van der Waals surface area (Å²) >= 11 is 4.57. The maximum absolute atomic E-state index is 4.57. The Kier molecular flexibility index (Phi) is 3.18. The first-order valence-electron chi connectivity index (χ1n) is 6.74. The Morgan fingerprint density at radius 1 is 1.29 bits per heavy atom. The van der Waals surface area contributed by atoms with Crippen molar-refractivity contribution < 1.29 is 0 Å². The van der Waals surface area contributed by atoms with E-state index in [0.717, 1.165) is 17.7 Å². The van der Waals surface area contributed by atoms with E-state index in [1.807, 2.05) is 0 Å². The highest BCUT2D eigenvalue weighted by atomic mass is 32.1. The van der Waals surface area contributed by atoms with Crippen LogP contribution < -0.4 is 0 Å². The topological polar surface area (TPSA) is 3.24 Å². The Balaban J connectivity index is 1.84. The number of hydrogen-bond acceptors (Lipinski definition) is 2. The average Bonchev–Trinajstić information content (AvgIpc) is 2.98. The summed E-state index contributed by atoms with van der Waals surface area (Å²) in [6.45, 7) is 2.35. The molecule has 3 rings (SSSR count). The summed E-state index contributed by atoms with van der Waals surface area (Å²) in [5.74, 6) is 1.92. The monoisotopic (exact) mass is 247 g/mol. The first-order valence-corrected chi connectivity index (χ1v) is 7.37. The van der Waals surface area contributed by atoms with Gasteiger partial charge in [0.25, 0.3) is 0 Å². The van der Waals surface area contributed by atoms with Crippen LogP contribution in [0.2, 0.25) is 0 Å². The lowest BCUT2D eigenvalue weighted by Crippen LogP contribution is -2.43. The molecule has 0 unspecified atom stereocenters. The standard InChI is InChI=1S/C15H21NS/c1-11(12-5-3-2-4-6-12)16-14-8-7-13(9-14)15(16)10-17/h2-6,11,13-15,17H,7-10H2,1H3/t11-,13-,14+,15-/m1/s1. The molecule has 1 aromatic carbocycles. The number of fused-ring (bicyclic) bond motifs is 2. The number of piperidine rings is 1. The van der Waals surface area contributed by atoms with E-state index < -0.39 is 0 Å². The highest BCUT2D eigenvalue weighted by molar-refractivity contribution is 7.80. The second-order valence-corrected chi connectivity index (χ2v) is 5.88. The van der Waals surface area contributed by atoms with Gasteiger partial charge in [-0.2, -0.15) is 12.6 Å². The molecule has 92 valence electrons. The normalized spacial score (nSPS) is 34.1. The van der Waals surface area contributed by atoms with E-state index in [2.05, 4.69) is 54.8 Å². The van der Waals surface area contributed by atoms with Crippen LogP contribution in [0.25, 0.3) is 0 Å². The molecule has 1 aliphatic carbocycles. The fourth-order valence-electron chi connectivity index (χ4n) is 3.88. The molecule has 1 aromatic rings. The Morgan fingerprint density at radius 2 is 2.06 bits per heavy atom. The third-order valence-corrected chi connectivity index (χ3v) is 5.08. The predicted octanol–water partition coefficient (Wildman–Crippen LogP) is 3.53. The summed E-state index contributed by atoms with van der Waals surface area (Å²) in [6, 6.07) is 13.0. The van der Waals surface area contributed by atoms with Gasteiger partial charge >= 0.3 is 0 Å². The second-order valence-electron chi connectivity index (χ2n) is 5.51. The Hall–Kier alpha value is -0.470. The van der Waals surface area contributed by atoms with Crippen LogP contribution in [0, 0.1) is 5.92 Å². The van der Waals surface area contributed by atoms with Crippen LogP contribution in [-0.2, 0) is 0 Å². The summed E-state index contributed by atoms with van der Waals surface area (Å²) in [5, 5.41) is 0. The zero-order valence-corrected chi connectivity index (χ0v) is 11.3. The van der Waals surface area contributed by atoms with Crippen molar-refractivity contribution in [2.45, 2.75) is 44.3 Å². The number of benzene rings is 1. The molecule has 0 radical (unpaired) electrons. The van der Waals surface area contributed by atoms with Crippen LogP contribution in [0.3, 0.4) is 0 Å². The molecule has 0 spiro atoms. The molecule has 1 saturated carbocycles. The van der Waals surface area contributed by atoms with Crippen molar-refractivity contribution in [1.29, 1.82) is 0 Å². The lowest BCUT2D eigenvalue weighted by molar-refractivity contribution is 0.107. The summed E-state index contributed by atoms with van der Waals surface area (Å²) in [6.07, 6.45) is 4.22. The molecule has 2 fully saturated rings. The molecule has 0 N–H and O–H groups in total. The number of rotatable bonds is 3. The summed E-state index contributed by atoms with van der Waals surface area (Å²) in [4.78, 5) is 2.73. The Labute approximate surface area is 110 Å². The van der Waals surface area contributed by atoms with Gasteiger partial charge in [-0.25, -0.2) is 0 Å². The quantitative estimate of drug-likeness (QED) is 0.800. The molecule has 17 heavy (non-hydrogen) atoms. The molecule has 0 aromatic heterocycles. The zero-order valence-electron chi connectivity index (χ0n) is 10.4. The molecule has 2 bridgehead atoms. The van der Waals surface area contributed by atoms with Gasteiger partial charge < -0.3 is 0 Å². The smallest absolute Gasteiger partial charge is 0.0326 e. The van der Waals surface area contributed by atoms with Crippen molar-refractivity contribution >= 4 is 12.6 Å². The van der Waals surface area contributed by atoms with Crippen LogP contribution in [0.5, 0.6) is 0 Å². The van der Waals surface area contributed by atoms with Crippen molar-refractivity contribution in [3.8, 4) is 0 Å². The largest absolute Gasteiger partial charge is 0.290 e. The highest BCUT2D eigenvalue weighted by Gasteiger charge is 2.46. The van der Waals surface area contributed by atoms with Crippen LogP contribution in [0.1, 0.15) is 37.8 Å². The van der Waals surface area contributed by atoms with Crippen LogP contribution in [0.15, 0.2) is 30.3 Å². The summed E-state index contributed by atoms with van der Waals surface area (Å²) in [5.41, 5.74) is 1.45. The van der Waals surface area contributed by atoms with Crippen molar-refractivity contribution in [1.82, 2.24) is 4.90 Å². The molecular formula is C15H21NS. The molecule has 4 atom stereocenters. The average molecular weight is 247 g/mol. The molecular weight excluding hydrogens is 226 g/mol. The van der Waals surface area contributed by atoms with Gasteiger partial charge in [0.15, 0.2) is 0 Å². The fraction of sp³-hybridized carbons (Fsp3) is 0.600. The minimum Gasteiger partial charge on any atom is -0.290 e. The molecule has 1 heterocycles. The van der Waals surface area contributed by atoms with E-state index in [1.165, 1.54) is 24.8 Å². The van der Waals surface area contributed by atoms with Gasteiger partial charge in [0.05, 0.1) is 0 Å². The highest BCUT2D eigenvalue weighted by Crippen LogP contribution is 2.46. The third-order valence-electron chi connectivity index (χ3n) is 4.71. The molecule has 2 heteroatoms. The fourth-order valence-corrected chi connectivity index (χ4v) is 4.36. The van der Waals surface area contributed by atoms with Crippen molar-refractivity contribution in [3.63, 3.8) is 0 Å². The molecule has 1 aliphatic heterocycles. The van der Waals surface area contributed by atoms with Gasteiger partial charge in [-0.1, -0.05) is 30.3 Å². The minimum absolute atomic E-state index is 0.545. The summed E-state index contributed by atoms with van der Waals surface area (Å²) in [7, 11) is 0. The lowest BCUT2D eigenvalue weighted by atomic mass is 9.97. The third kappa shape index (κ3) is 1.92. The Morgan fingerprint density at radius 3 is 2.76 bits per heavy atom. The van der Waals surface area contributed by atoms with E-state index >= 15 is 0 Å². The van der Waals surface area contributed by atoms with E-state index in [0.29, 0.717) is 12.1 Å². The number of likely N-dealkylation sites (tertiary alicyclic amines) is 1. The van der Waals surface area contributed by atoms with Crippen molar-refractivity contribution in [2.24, 2.45) is 5.92 Å². The molecule has 2 aliphatic rings. The van der Waals surface area contributed by atoms with Crippen LogP contribution in [0.4, 0.5) is 0 Å². The molecule has 1 nitrogen and oxygen atoms in total. The number of nitrogens with zero attached hydrogens (tertiary/aromatic N) is 1. The van der Waals surface area contributed by atoms with Gasteiger partial charge in [0.1, 0.15) is 0 Å². The number of thiol groups is 1. The predicted molar refractivity (Wildman–Crippen MR) is 75.5 cm³/mol. The zero-order chi connectivity index (χ0) is 11.8. The van der Waals surface area contributed by atoms with Gasteiger partial charge in [-0.15, -0.1) is 0 Å². The SMILES string of the molecule is C[C@H](c1ccccc1)N1[C@H]2CC[C@H](C2)[C@H]1CS. The van der Waals surface area contributed by atoms with E-state index in [-0.39, 0.29) is 0 Å². The van der Waals surface area contributed by atoms with E-state index in [4.69, 9.17) is 0 Å². The first kappa shape index (κ1) is 11.6. The minimum atomic E-state index is 0.545. The maximum Gasteiger partial charge on any atom is 0.0326 e. The van der Waals surface area contributed by atoms with Gasteiger partial charge in [0.2, 0.25) is 0 Å². The van der Waals surface area contributed by atoms with Crippen molar-refractivity contribution in [2.75, 3.05) is 5.75 Å². The van der Waals surface area contributed by atoms with Crippen LogP contribution >= 0.6 is 12.6 Å². The lowest BCUT2D eigenvalue weighted by Gasteiger charge is -2.39. The van der Waals surface area contributed by atoms with Crippen LogP contribution in [-0.4, -0.2) is 22.7 Å². The molecule has 0 amide bonds. The first-order chi connectivity index (χ1) is 8.31. The molecule has 1 saturated heterocycles.